The topological polar surface area (TPSA) is 74.0 Å². The summed E-state index contributed by atoms with van der Waals surface area (Å²) in [6.45, 7) is 0. The molecule has 5 nitrogen and oxygen atoms in total. The van der Waals surface area contributed by atoms with Gasteiger partial charge in [0.05, 0.1) is 0 Å². The zero-order chi connectivity index (χ0) is 14.4. The van der Waals surface area contributed by atoms with Crippen LogP contribution in [0.2, 0.25) is 5.02 Å². The molecule has 0 saturated carbocycles. The Kier molecular flexibility index (Phi) is 4.79. The van der Waals surface area contributed by atoms with E-state index in [1.165, 1.54) is 0 Å². The quantitative estimate of drug-likeness (QED) is 0.754. The lowest BCUT2D eigenvalue weighted by Gasteiger charge is -2.06. The molecule has 0 aliphatic rings. The van der Waals surface area contributed by atoms with Gasteiger partial charge < -0.3 is 4.98 Å². The Morgan fingerprint density at radius 3 is 2.70 bits per heavy atom. The van der Waals surface area contributed by atoms with Gasteiger partial charge >= 0.3 is 0 Å². The van der Waals surface area contributed by atoms with Crippen molar-refractivity contribution in [3.05, 3.63) is 58.9 Å². The van der Waals surface area contributed by atoms with Gasteiger partial charge in [-0.2, -0.15) is 0 Å². The number of rotatable bonds is 4. The van der Waals surface area contributed by atoms with E-state index >= 15 is 0 Å². The fourth-order valence-electron chi connectivity index (χ4n) is 1.68. The van der Waals surface area contributed by atoms with Crippen molar-refractivity contribution in [2.24, 2.45) is 0 Å². The minimum atomic E-state index is -0.383. The molecule has 0 unspecified atom stereocenters. The van der Waals surface area contributed by atoms with Gasteiger partial charge in [-0.1, -0.05) is 23.7 Å². The maximum Gasteiger partial charge on any atom is 0.286 e. The molecule has 1 heterocycles. The molecule has 0 spiro atoms. The lowest BCUT2D eigenvalue weighted by atomic mass is 10.1. The summed E-state index contributed by atoms with van der Waals surface area (Å²) in [6.07, 6.45) is 2.46. The zero-order valence-electron chi connectivity index (χ0n) is 10.7. The van der Waals surface area contributed by atoms with Crippen LogP contribution in [0, 0.1) is 0 Å². The van der Waals surface area contributed by atoms with Gasteiger partial charge in [0, 0.05) is 17.6 Å². The zero-order valence-corrected chi connectivity index (χ0v) is 11.4. The van der Waals surface area contributed by atoms with Crippen LogP contribution in [0.3, 0.4) is 0 Å². The van der Waals surface area contributed by atoms with Crippen molar-refractivity contribution in [3.63, 3.8) is 0 Å². The second-order valence-corrected chi connectivity index (χ2v) is 4.65. The van der Waals surface area contributed by atoms with Gasteiger partial charge in [-0.3, -0.25) is 20.4 Å². The molecule has 2 aromatic rings. The van der Waals surface area contributed by atoms with Crippen molar-refractivity contribution in [1.29, 1.82) is 0 Å². The minimum absolute atomic E-state index is 0.259. The number of halogens is 1. The first-order valence-electron chi connectivity index (χ1n) is 6.12. The van der Waals surface area contributed by atoms with Crippen molar-refractivity contribution in [2.75, 3.05) is 0 Å². The van der Waals surface area contributed by atoms with Crippen molar-refractivity contribution in [3.8, 4) is 0 Å². The van der Waals surface area contributed by atoms with E-state index in [-0.39, 0.29) is 18.2 Å². The van der Waals surface area contributed by atoms with Gasteiger partial charge in [-0.15, -0.1) is 0 Å². The lowest BCUT2D eigenvalue weighted by Crippen LogP contribution is -2.41. The third-order valence-electron chi connectivity index (χ3n) is 2.69. The van der Waals surface area contributed by atoms with Crippen molar-refractivity contribution in [2.45, 2.75) is 12.8 Å². The number of hydrogen-bond acceptors (Lipinski definition) is 2. The van der Waals surface area contributed by atoms with Crippen LogP contribution in [-0.4, -0.2) is 16.8 Å². The summed E-state index contributed by atoms with van der Waals surface area (Å²) >= 11 is 5.86. The molecule has 0 saturated heterocycles. The fourth-order valence-corrected chi connectivity index (χ4v) is 1.89. The third-order valence-corrected chi connectivity index (χ3v) is 2.92. The summed E-state index contributed by atoms with van der Waals surface area (Å²) in [4.78, 5) is 25.9. The van der Waals surface area contributed by atoms with Gasteiger partial charge in [-0.05, 0) is 36.2 Å². The molecule has 3 N–H and O–H groups in total. The molecular weight excluding hydrogens is 278 g/mol. The first kappa shape index (κ1) is 14.1. The Labute approximate surface area is 121 Å². The Balaban J connectivity index is 1.74. The van der Waals surface area contributed by atoms with Gasteiger partial charge in [0.15, 0.2) is 0 Å². The fraction of sp³-hybridized carbons (Fsp3) is 0.143. The van der Waals surface area contributed by atoms with Gasteiger partial charge in [0.1, 0.15) is 5.69 Å². The summed E-state index contributed by atoms with van der Waals surface area (Å²) in [5.41, 5.74) is 6.07. The van der Waals surface area contributed by atoms with Crippen molar-refractivity contribution < 1.29 is 9.59 Å². The molecule has 0 radical (unpaired) electrons. The van der Waals surface area contributed by atoms with E-state index in [4.69, 9.17) is 11.6 Å². The SMILES string of the molecule is O=C(CCc1cccc(Cl)c1)NNC(=O)c1ccc[nH]1. The lowest BCUT2D eigenvalue weighted by molar-refractivity contribution is -0.121. The maximum absolute atomic E-state index is 11.6. The predicted molar refractivity (Wildman–Crippen MR) is 76.2 cm³/mol. The van der Waals surface area contributed by atoms with Crippen LogP contribution in [0.5, 0.6) is 0 Å². The van der Waals surface area contributed by atoms with Gasteiger partial charge in [0.2, 0.25) is 5.91 Å². The second kappa shape index (κ2) is 6.77. The second-order valence-electron chi connectivity index (χ2n) is 4.22. The summed E-state index contributed by atoms with van der Waals surface area (Å²) in [5.74, 6) is -0.643. The molecule has 20 heavy (non-hydrogen) atoms. The van der Waals surface area contributed by atoms with E-state index in [1.807, 2.05) is 18.2 Å². The number of hydrazine groups is 1. The monoisotopic (exact) mass is 291 g/mol. The maximum atomic E-state index is 11.6. The van der Waals surface area contributed by atoms with Crippen LogP contribution in [0.1, 0.15) is 22.5 Å². The van der Waals surface area contributed by atoms with E-state index in [2.05, 4.69) is 15.8 Å². The van der Waals surface area contributed by atoms with Crippen LogP contribution in [0.15, 0.2) is 42.6 Å². The average Bonchev–Trinajstić information content (AvgIpc) is 2.97. The van der Waals surface area contributed by atoms with Crippen LogP contribution in [0.25, 0.3) is 0 Å². The molecular formula is C14H14ClN3O2. The Morgan fingerprint density at radius 1 is 1.15 bits per heavy atom. The van der Waals surface area contributed by atoms with Crippen molar-refractivity contribution in [1.82, 2.24) is 15.8 Å². The summed E-state index contributed by atoms with van der Waals surface area (Å²) < 4.78 is 0. The van der Waals surface area contributed by atoms with E-state index < -0.39 is 0 Å². The minimum Gasteiger partial charge on any atom is -0.357 e. The Hall–Kier alpha value is -2.27. The molecule has 0 atom stereocenters. The number of amides is 2. The first-order valence-corrected chi connectivity index (χ1v) is 6.50. The number of carbonyl (C=O) groups excluding carboxylic acids is 2. The first-order chi connectivity index (χ1) is 9.65. The van der Waals surface area contributed by atoms with E-state index in [9.17, 15) is 9.59 Å². The third kappa shape index (κ3) is 4.13. The molecule has 0 aliphatic heterocycles. The number of aromatic amines is 1. The van der Waals surface area contributed by atoms with Gasteiger partial charge in [0.25, 0.3) is 5.91 Å². The molecule has 0 fully saturated rings. The molecule has 2 rings (SSSR count). The Bertz CT molecular complexity index is 596. The molecule has 1 aromatic carbocycles. The van der Waals surface area contributed by atoms with Crippen LogP contribution in [-0.2, 0) is 11.2 Å². The number of carbonyl (C=O) groups is 2. The molecule has 2 amide bonds. The van der Waals surface area contributed by atoms with Gasteiger partial charge in [-0.25, -0.2) is 0 Å². The van der Waals surface area contributed by atoms with Crippen molar-refractivity contribution >= 4 is 23.4 Å². The largest absolute Gasteiger partial charge is 0.357 e. The van der Waals surface area contributed by atoms with E-state index in [0.29, 0.717) is 17.1 Å². The highest BCUT2D eigenvalue weighted by molar-refractivity contribution is 6.30. The molecule has 104 valence electrons. The number of H-pyrrole nitrogens is 1. The summed E-state index contributed by atoms with van der Waals surface area (Å²) in [5, 5.41) is 0.642. The van der Waals surface area contributed by atoms with Crippen LogP contribution < -0.4 is 10.9 Å². The number of aromatic nitrogens is 1. The molecule has 6 heteroatoms. The highest BCUT2D eigenvalue weighted by atomic mass is 35.5. The highest BCUT2D eigenvalue weighted by Crippen LogP contribution is 2.11. The van der Waals surface area contributed by atoms with E-state index in [1.54, 1.807) is 24.4 Å². The molecule has 0 aliphatic carbocycles. The highest BCUT2D eigenvalue weighted by Gasteiger charge is 2.07. The number of hydrogen-bond donors (Lipinski definition) is 3. The molecule has 1 aromatic heterocycles. The predicted octanol–water partition coefficient (Wildman–Crippen LogP) is 2.06. The number of benzene rings is 1. The number of nitrogens with one attached hydrogen (secondary N) is 3. The summed E-state index contributed by atoms with van der Waals surface area (Å²) in [7, 11) is 0. The normalized spacial score (nSPS) is 10.1. The summed E-state index contributed by atoms with van der Waals surface area (Å²) in [6, 6.07) is 10.6. The molecule has 0 bridgehead atoms. The smallest absolute Gasteiger partial charge is 0.286 e. The standard InChI is InChI=1S/C14H14ClN3O2/c15-11-4-1-3-10(9-11)6-7-13(19)17-18-14(20)12-5-2-8-16-12/h1-5,8-9,16H,6-7H2,(H,17,19)(H,18,20). The number of aryl methyl sites for hydroxylation is 1. The Morgan fingerprint density at radius 2 is 2.00 bits per heavy atom. The van der Waals surface area contributed by atoms with E-state index in [0.717, 1.165) is 5.56 Å². The van der Waals surface area contributed by atoms with Crippen LogP contribution >= 0.6 is 11.6 Å². The van der Waals surface area contributed by atoms with Crippen LogP contribution in [0.4, 0.5) is 0 Å². The average molecular weight is 292 g/mol.